The van der Waals surface area contributed by atoms with Crippen molar-refractivity contribution < 1.29 is 13.5 Å². The van der Waals surface area contributed by atoms with Crippen molar-refractivity contribution in [2.75, 3.05) is 0 Å². The standard InChI is InChI=1S/C14H19N3O3S/c1-11-3-4-14(7-13(11)9-18)21(19,20)16-12(2)8-17-6-5-15-10-17/h3-7,10,12,16,18H,8-9H2,1-2H3. The highest BCUT2D eigenvalue weighted by Gasteiger charge is 2.18. The Balaban J connectivity index is 2.14. The van der Waals surface area contributed by atoms with Gasteiger partial charge in [-0.15, -0.1) is 0 Å². The van der Waals surface area contributed by atoms with Gasteiger partial charge in [-0.1, -0.05) is 6.07 Å². The van der Waals surface area contributed by atoms with E-state index < -0.39 is 10.0 Å². The van der Waals surface area contributed by atoms with Crippen LogP contribution in [0.15, 0.2) is 41.8 Å². The zero-order valence-corrected chi connectivity index (χ0v) is 12.8. The number of aliphatic hydroxyl groups is 1. The average molecular weight is 309 g/mol. The minimum Gasteiger partial charge on any atom is -0.392 e. The van der Waals surface area contributed by atoms with Gasteiger partial charge in [0, 0.05) is 25.0 Å². The van der Waals surface area contributed by atoms with Crippen molar-refractivity contribution in [1.29, 1.82) is 0 Å². The second-order valence-corrected chi connectivity index (χ2v) is 6.74. The Morgan fingerprint density at radius 1 is 1.43 bits per heavy atom. The van der Waals surface area contributed by atoms with Crippen LogP contribution in [0.5, 0.6) is 0 Å². The number of sulfonamides is 1. The molecule has 7 heteroatoms. The van der Waals surface area contributed by atoms with Gasteiger partial charge in [0.05, 0.1) is 17.8 Å². The fourth-order valence-corrected chi connectivity index (χ4v) is 3.35. The second kappa shape index (κ2) is 6.38. The van der Waals surface area contributed by atoms with Crippen molar-refractivity contribution in [1.82, 2.24) is 14.3 Å². The quantitative estimate of drug-likeness (QED) is 0.835. The maximum Gasteiger partial charge on any atom is 0.240 e. The number of hydrogen-bond donors (Lipinski definition) is 2. The third kappa shape index (κ3) is 3.90. The lowest BCUT2D eigenvalue weighted by atomic mass is 10.1. The average Bonchev–Trinajstić information content (AvgIpc) is 2.91. The molecule has 1 aromatic carbocycles. The normalized spacial score (nSPS) is 13.3. The highest BCUT2D eigenvalue weighted by molar-refractivity contribution is 7.89. The van der Waals surface area contributed by atoms with Crippen molar-refractivity contribution >= 4 is 10.0 Å². The van der Waals surface area contributed by atoms with Crippen molar-refractivity contribution in [2.45, 2.75) is 37.9 Å². The van der Waals surface area contributed by atoms with E-state index in [0.717, 1.165) is 5.56 Å². The molecule has 0 fully saturated rings. The van der Waals surface area contributed by atoms with E-state index in [2.05, 4.69) is 9.71 Å². The monoisotopic (exact) mass is 309 g/mol. The predicted octanol–water partition coefficient (Wildman–Crippen LogP) is 1.05. The molecule has 0 amide bonds. The minimum atomic E-state index is -3.61. The van der Waals surface area contributed by atoms with E-state index in [4.69, 9.17) is 0 Å². The SMILES string of the molecule is Cc1ccc(S(=O)(=O)NC(C)Cn2ccnc2)cc1CO. The van der Waals surface area contributed by atoms with Gasteiger partial charge in [0.15, 0.2) is 0 Å². The van der Waals surface area contributed by atoms with Gasteiger partial charge >= 0.3 is 0 Å². The summed E-state index contributed by atoms with van der Waals surface area (Å²) in [5.74, 6) is 0. The van der Waals surface area contributed by atoms with Crippen LogP contribution >= 0.6 is 0 Å². The molecule has 1 unspecified atom stereocenters. The number of imidazole rings is 1. The number of hydrogen-bond acceptors (Lipinski definition) is 4. The van der Waals surface area contributed by atoms with Crippen LogP contribution in [0, 0.1) is 6.92 Å². The van der Waals surface area contributed by atoms with Crippen LogP contribution in [-0.4, -0.2) is 29.1 Å². The number of aryl methyl sites for hydroxylation is 1. The lowest BCUT2D eigenvalue weighted by Gasteiger charge is -2.15. The zero-order valence-electron chi connectivity index (χ0n) is 12.0. The molecule has 0 aliphatic rings. The molecule has 1 heterocycles. The Kier molecular flexibility index (Phi) is 4.76. The summed E-state index contributed by atoms with van der Waals surface area (Å²) < 4.78 is 29.1. The van der Waals surface area contributed by atoms with Crippen LogP contribution in [0.4, 0.5) is 0 Å². The first-order valence-electron chi connectivity index (χ1n) is 6.61. The fourth-order valence-electron chi connectivity index (χ4n) is 2.07. The zero-order chi connectivity index (χ0) is 15.5. The number of nitrogens with zero attached hydrogens (tertiary/aromatic N) is 2. The number of aliphatic hydroxyl groups excluding tert-OH is 1. The van der Waals surface area contributed by atoms with Crippen LogP contribution in [0.3, 0.4) is 0 Å². The van der Waals surface area contributed by atoms with Crippen LogP contribution in [0.2, 0.25) is 0 Å². The highest BCUT2D eigenvalue weighted by Crippen LogP contribution is 2.16. The van der Waals surface area contributed by atoms with E-state index in [1.165, 1.54) is 6.07 Å². The topological polar surface area (TPSA) is 84.2 Å². The summed E-state index contributed by atoms with van der Waals surface area (Å²) in [6.07, 6.45) is 5.07. The first-order valence-corrected chi connectivity index (χ1v) is 8.09. The minimum absolute atomic E-state index is 0.162. The van der Waals surface area contributed by atoms with Gasteiger partial charge in [0.25, 0.3) is 0 Å². The van der Waals surface area contributed by atoms with E-state index in [0.29, 0.717) is 12.1 Å². The molecule has 1 atom stereocenters. The Bertz CT molecular complexity index is 696. The van der Waals surface area contributed by atoms with E-state index in [1.54, 1.807) is 37.8 Å². The summed E-state index contributed by atoms with van der Waals surface area (Å²) >= 11 is 0. The van der Waals surface area contributed by atoms with Gasteiger partial charge in [0.1, 0.15) is 0 Å². The molecule has 0 bridgehead atoms. The summed E-state index contributed by atoms with van der Waals surface area (Å²) in [5.41, 5.74) is 1.48. The van der Waals surface area contributed by atoms with E-state index in [-0.39, 0.29) is 17.5 Å². The maximum absolute atomic E-state index is 12.3. The molecule has 2 aromatic rings. The molecule has 6 nitrogen and oxygen atoms in total. The molecular weight excluding hydrogens is 290 g/mol. The molecule has 1 aromatic heterocycles. The summed E-state index contributed by atoms with van der Waals surface area (Å²) in [5, 5.41) is 9.24. The maximum atomic E-state index is 12.3. The number of aromatic nitrogens is 2. The molecule has 0 saturated heterocycles. The molecular formula is C14H19N3O3S. The molecule has 0 radical (unpaired) electrons. The first kappa shape index (κ1) is 15.7. The van der Waals surface area contributed by atoms with Gasteiger partial charge in [-0.3, -0.25) is 0 Å². The molecule has 2 N–H and O–H groups in total. The Morgan fingerprint density at radius 2 is 2.19 bits per heavy atom. The Morgan fingerprint density at radius 3 is 2.81 bits per heavy atom. The van der Waals surface area contributed by atoms with Gasteiger partial charge in [0.2, 0.25) is 10.0 Å². The van der Waals surface area contributed by atoms with Crippen LogP contribution in [0.1, 0.15) is 18.1 Å². The van der Waals surface area contributed by atoms with E-state index >= 15 is 0 Å². The molecule has 0 spiro atoms. The highest BCUT2D eigenvalue weighted by atomic mass is 32.2. The van der Waals surface area contributed by atoms with Gasteiger partial charge in [-0.2, -0.15) is 0 Å². The smallest absolute Gasteiger partial charge is 0.240 e. The molecule has 0 aliphatic heterocycles. The predicted molar refractivity (Wildman–Crippen MR) is 79.1 cm³/mol. The molecule has 21 heavy (non-hydrogen) atoms. The second-order valence-electron chi connectivity index (χ2n) is 5.03. The third-order valence-electron chi connectivity index (χ3n) is 3.20. The summed E-state index contributed by atoms with van der Waals surface area (Å²) in [4.78, 5) is 4.08. The van der Waals surface area contributed by atoms with Crippen LogP contribution in [-0.2, 0) is 23.2 Å². The van der Waals surface area contributed by atoms with Crippen molar-refractivity contribution in [3.63, 3.8) is 0 Å². The van der Waals surface area contributed by atoms with Crippen molar-refractivity contribution in [2.24, 2.45) is 0 Å². The van der Waals surface area contributed by atoms with E-state index in [1.807, 2.05) is 11.5 Å². The molecule has 2 rings (SSSR count). The third-order valence-corrected chi connectivity index (χ3v) is 4.79. The number of rotatable bonds is 6. The van der Waals surface area contributed by atoms with Gasteiger partial charge in [-0.05, 0) is 37.1 Å². The van der Waals surface area contributed by atoms with Crippen molar-refractivity contribution in [3.8, 4) is 0 Å². The summed E-state index contributed by atoms with van der Waals surface area (Å²) in [6, 6.07) is 4.46. The van der Waals surface area contributed by atoms with Crippen LogP contribution in [0.25, 0.3) is 0 Å². The molecule has 0 saturated carbocycles. The Labute approximate surface area is 124 Å². The lowest BCUT2D eigenvalue weighted by molar-refractivity contribution is 0.280. The van der Waals surface area contributed by atoms with Crippen LogP contribution < -0.4 is 4.72 Å². The molecule has 114 valence electrons. The first-order chi connectivity index (χ1) is 9.92. The number of benzene rings is 1. The van der Waals surface area contributed by atoms with Gasteiger partial charge in [-0.25, -0.2) is 18.1 Å². The number of nitrogens with one attached hydrogen (secondary N) is 1. The van der Waals surface area contributed by atoms with Crippen molar-refractivity contribution in [3.05, 3.63) is 48.0 Å². The molecule has 0 aliphatic carbocycles. The van der Waals surface area contributed by atoms with Gasteiger partial charge < -0.3 is 9.67 Å². The largest absolute Gasteiger partial charge is 0.392 e. The van der Waals surface area contributed by atoms with E-state index in [9.17, 15) is 13.5 Å². The summed E-state index contributed by atoms with van der Waals surface area (Å²) in [7, 11) is -3.61. The summed E-state index contributed by atoms with van der Waals surface area (Å²) in [6.45, 7) is 3.94. The lowest BCUT2D eigenvalue weighted by Crippen LogP contribution is -2.35. The Hall–Kier alpha value is -1.70. The fraction of sp³-hybridized carbons (Fsp3) is 0.357.